The third kappa shape index (κ3) is 3.32. The van der Waals surface area contributed by atoms with E-state index in [0.29, 0.717) is 45.0 Å². The maximum Gasteiger partial charge on any atom is 0.276 e. The minimum atomic E-state index is -0.844. The van der Waals surface area contributed by atoms with E-state index in [1.54, 1.807) is 11.0 Å². The van der Waals surface area contributed by atoms with Crippen LogP contribution in [0.15, 0.2) is 24.4 Å². The summed E-state index contributed by atoms with van der Waals surface area (Å²) in [6, 6.07) is 4.04. The number of hydrogen-bond acceptors (Lipinski definition) is 5. The second kappa shape index (κ2) is 7.08. The molecular weight excluding hydrogens is 344 g/mol. The fraction of sp³-hybridized carbons (Fsp3) is 0.471. The Kier molecular flexibility index (Phi) is 4.64. The molecule has 0 aliphatic carbocycles. The number of benzene rings is 1. The Bertz CT molecular complexity index is 785. The molecule has 2 saturated heterocycles. The van der Waals surface area contributed by atoms with Gasteiger partial charge in [0.15, 0.2) is 17.3 Å². The van der Waals surface area contributed by atoms with Gasteiger partial charge in [0.2, 0.25) is 0 Å². The molecule has 26 heavy (non-hydrogen) atoms. The molecule has 0 unspecified atom stereocenters. The quantitative estimate of drug-likeness (QED) is 0.883. The number of carbonyl (C=O) groups excluding carboxylic acids is 1. The second-order valence-electron chi connectivity index (χ2n) is 6.78. The predicted molar refractivity (Wildman–Crippen MR) is 87.2 cm³/mol. The summed E-state index contributed by atoms with van der Waals surface area (Å²) in [5.41, 5.74) is 0.584. The van der Waals surface area contributed by atoms with Gasteiger partial charge in [-0.1, -0.05) is 12.1 Å². The predicted octanol–water partition coefficient (Wildman–Crippen LogP) is 1.06. The third-order valence-electron chi connectivity index (χ3n) is 4.87. The summed E-state index contributed by atoms with van der Waals surface area (Å²) in [5, 5.41) is 10.0. The number of aromatic amines is 1. The van der Waals surface area contributed by atoms with E-state index in [9.17, 15) is 13.6 Å². The summed E-state index contributed by atoms with van der Waals surface area (Å²) in [6.45, 7) is 2.94. The lowest BCUT2D eigenvalue weighted by molar-refractivity contribution is 0.0419. The molecule has 3 heterocycles. The largest absolute Gasteiger partial charge is 0.379 e. The summed E-state index contributed by atoms with van der Waals surface area (Å²) in [4.78, 5) is 16.6. The van der Waals surface area contributed by atoms with Gasteiger partial charge in [-0.25, -0.2) is 8.78 Å². The van der Waals surface area contributed by atoms with Crippen LogP contribution in [0.1, 0.15) is 16.1 Å². The highest BCUT2D eigenvalue weighted by Gasteiger charge is 2.37. The summed E-state index contributed by atoms with van der Waals surface area (Å²) in [5.74, 6) is -1.76. The number of halogens is 2. The highest BCUT2D eigenvalue weighted by molar-refractivity contribution is 5.92. The molecule has 2 bridgehead atoms. The van der Waals surface area contributed by atoms with E-state index in [4.69, 9.17) is 4.74 Å². The Hall–Kier alpha value is -2.39. The van der Waals surface area contributed by atoms with Crippen molar-refractivity contribution in [3.05, 3.63) is 47.3 Å². The fourth-order valence-electron chi connectivity index (χ4n) is 3.68. The zero-order valence-electron chi connectivity index (χ0n) is 14.1. The van der Waals surface area contributed by atoms with Crippen molar-refractivity contribution in [1.82, 2.24) is 25.2 Å². The van der Waals surface area contributed by atoms with Gasteiger partial charge in [0, 0.05) is 37.7 Å². The first kappa shape index (κ1) is 17.0. The number of nitrogens with zero attached hydrogens (tertiary/aromatic N) is 4. The number of H-pyrrole nitrogens is 1. The molecule has 1 aromatic carbocycles. The van der Waals surface area contributed by atoms with Crippen LogP contribution in [0.25, 0.3) is 0 Å². The van der Waals surface area contributed by atoms with Gasteiger partial charge in [0.05, 0.1) is 25.5 Å². The molecule has 2 fully saturated rings. The number of fused-ring (bicyclic) bond motifs is 3. The molecule has 2 aliphatic heterocycles. The van der Waals surface area contributed by atoms with Crippen molar-refractivity contribution in [2.75, 3.05) is 32.8 Å². The maximum atomic E-state index is 14.0. The van der Waals surface area contributed by atoms with Crippen molar-refractivity contribution >= 4 is 5.91 Å². The van der Waals surface area contributed by atoms with Crippen LogP contribution in [0.5, 0.6) is 0 Å². The summed E-state index contributed by atoms with van der Waals surface area (Å²) in [6.07, 6.45) is 1.40. The number of aromatic nitrogens is 3. The normalized spacial score (nSPS) is 23.7. The Morgan fingerprint density at radius 3 is 2.96 bits per heavy atom. The lowest BCUT2D eigenvalue weighted by Crippen LogP contribution is -2.46. The molecule has 2 atom stereocenters. The average molecular weight is 363 g/mol. The molecule has 0 spiro atoms. The molecule has 1 amide bonds. The third-order valence-corrected chi connectivity index (χ3v) is 4.87. The van der Waals surface area contributed by atoms with E-state index in [1.807, 2.05) is 0 Å². The number of carbonyl (C=O) groups is 1. The van der Waals surface area contributed by atoms with Crippen molar-refractivity contribution in [3.63, 3.8) is 0 Å². The molecule has 9 heteroatoms. The maximum absolute atomic E-state index is 14.0. The van der Waals surface area contributed by atoms with Crippen molar-refractivity contribution in [3.8, 4) is 0 Å². The van der Waals surface area contributed by atoms with Crippen molar-refractivity contribution < 1.29 is 18.3 Å². The molecule has 0 saturated carbocycles. The van der Waals surface area contributed by atoms with Crippen molar-refractivity contribution in [2.24, 2.45) is 5.92 Å². The number of rotatable bonds is 3. The van der Waals surface area contributed by atoms with Gasteiger partial charge in [-0.2, -0.15) is 15.4 Å². The van der Waals surface area contributed by atoms with Gasteiger partial charge < -0.3 is 9.64 Å². The Balaban J connectivity index is 1.54. The molecule has 7 nitrogen and oxygen atoms in total. The van der Waals surface area contributed by atoms with E-state index >= 15 is 0 Å². The lowest BCUT2D eigenvalue weighted by Gasteiger charge is -2.31. The zero-order valence-corrected chi connectivity index (χ0v) is 14.1. The molecule has 1 N–H and O–H groups in total. The van der Waals surface area contributed by atoms with Crippen LogP contribution in [0.4, 0.5) is 8.78 Å². The Morgan fingerprint density at radius 1 is 1.27 bits per heavy atom. The van der Waals surface area contributed by atoms with E-state index in [0.717, 1.165) is 6.07 Å². The van der Waals surface area contributed by atoms with Gasteiger partial charge >= 0.3 is 0 Å². The van der Waals surface area contributed by atoms with E-state index in [-0.39, 0.29) is 23.6 Å². The second-order valence-corrected chi connectivity index (χ2v) is 6.78. The van der Waals surface area contributed by atoms with Crippen molar-refractivity contribution in [2.45, 2.75) is 12.6 Å². The van der Waals surface area contributed by atoms with E-state index in [1.165, 1.54) is 12.3 Å². The number of ether oxygens (including phenoxy) is 1. The number of nitrogens with one attached hydrogen (secondary N) is 1. The topological polar surface area (TPSA) is 74.3 Å². The number of hydrogen-bond donors (Lipinski definition) is 1. The molecule has 0 radical (unpaired) electrons. The monoisotopic (exact) mass is 363 g/mol. The smallest absolute Gasteiger partial charge is 0.276 e. The van der Waals surface area contributed by atoms with Crippen LogP contribution >= 0.6 is 0 Å². The van der Waals surface area contributed by atoms with Gasteiger partial charge in [0.1, 0.15) is 0 Å². The van der Waals surface area contributed by atoms with Crippen LogP contribution in [0.3, 0.4) is 0 Å². The van der Waals surface area contributed by atoms with Crippen LogP contribution in [-0.4, -0.2) is 70.0 Å². The lowest BCUT2D eigenvalue weighted by atomic mass is 10.1. The molecule has 4 rings (SSSR count). The summed E-state index contributed by atoms with van der Waals surface area (Å²) >= 11 is 0. The van der Waals surface area contributed by atoms with Crippen molar-refractivity contribution in [1.29, 1.82) is 0 Å². The van der Waals surface area contributed by atoms with Gasteiger partial charge in [-0.05, 0) is 6.07 Å². The average Bonchev–Trinajstić information content (AvgIpc) is 3.00. The molecule has 1 aromatic heterocycles. The van der Waals surface area contributed by atoms with Crippen LogP contribution < -0.4 is 0 Å². The van der Waals surface area contributed by atoms with Gasteiger partial charge in [-0.15, -0.1) is 0 Å². The summed E-state index contributed by atoms with van der Waals surface area (Å²) < 4.78 is 33.2. The standard InChI is InChI=1S/C17H19F2N5O2/c18-14-3-1-2-12(16(14)19)7-23-5-11-6-24(13(8-23)10-26-9-11)17(25)15-4-20-22-21-15/h1-4,11,13H,5-10H2,(H,20,21,22)/t11-,13-/m0/s1. The van der Waals surface area contributed by atoms with E-state index in [2.05, 4.69) is 20.3 Å². The molecule has 2 aliphatic rings. The summed E-state index contributed by atoms with van der Waals surface area (Å²) in [7, 11) is 0. The van der Waals surface area contributed by atoms with Gasteiger partial charge in [-0.3, -0.25) is 9.69 Å². The molecular formula is C17H19F2N5O2. The van der Waals surface area contributed by atoms with E-state index < -0.39 is 11.6 Å². The van der Waals surface area contributed by atoms with Crippen LogP contribution in [0, 0.1) is 17.6 Å². The number of amides is 1. The SMILES string of the molecule is O=C(c1cn[nH]n1)N1C[C@H]2COC[C@@H]1CN(Cc1cccc(F)c1F)C2. The first-order chi connectivity index (χ1) is 12.6. The Labute approximate surface area is 148 Å². The minimum absolute atomic E-state index is 0.0926. The first-order valence-electron chi connectivity index (χ1n) is 8.51. The minimum Gasteiger partial charge on any atom is -0.379 e. The first-order valence-corrected chi connectivity index (χ1v) is 8.51. The highest BCUT2D eigenvalue weighted by Crippen LogP contribution is 2.23. The highest BCUT2D eigenvalue weighted by atomic mass is 19.2. The molecule has 2 aromatic rings. The zero-order chi connectivity index (χ0) is 18.1. The van der Waals surface area contributed by atoms with Crippen LogP contribution in [0.2, 0.25) is 0 Å². The van der Waals surface area contributed by atoms with Gasteiger partial charge in [0.25, 0.3) is 5.91 Å². The Morgan fingerprint density at radius 2 is 2.15 bits per heavy atom. The van der Waals surface area contributed by atoms with Crippen LogP contribution in [-0.2, 0) is 11.3 Å². The fourth-order valence-corrected chi connectivity index (χ4v) is 3.68. The molecule has 138 valence electrons.